The summed E-state index contributed by atoms with van der Waals surface area (Å²) in [6.45, 7) is 8.92. The van der Waals surface area contributed by atoms with Gasteiger partial charge in [-0.25, -0.2) is 5.84 Å². The van der Waals surface area contributed by atoms with Crippen LogP contribution >= 0.6 is 0 Å². The molecule has 6 nitrogen and oxygen atoms in total. The van der Waals surface area contributed by atoms with Crippen LogP contribution in [0.25, 0.3) is 0 Å². The molecular weight excluding hydrogens is 206 g/mol. The maximum atomic E-state index is 11.4. The molecular formula is C10H23N5O. The number of aliphatic imine (C=N–C) groups is 1. The van der Waals surface area contributed by atoms with Crippen LogP contribution in [0, 0.1) is 0 Å². The van der Waals surface area contributed by atoms with Crippen LogP contribution in [-0.4, -0.2) is 30.5 Å². The molecule has 16 heavy (non-hydrogen) atoms. The number of hydrogen-bond donors (Lipinski definition) is 4. The maximum Gasteiger partial charge on any atom is 0.222 e. The van der Waals surface area contributed by atoms with E-state index >= 15 is 0 Å². The van der Waals surface area contributed by atoms with Crippen molar-refractivity contribution in [1.29, 1.82) is 0 Å². The molecule has 0 atom stereocenters. The normalized spacial score (nSPS) is 12.2. The van der Waals surface area contributed by atoms with Crippen molar-refractivity contribution in [1.82, 2.24) is 16.1 Å². The molecule has 0 saturated heterocycles. The van der Waals surface area contributed by atoms with E-state index in [1.807, 2.05) is 27.7 Å². The van der Waals surface area contributed by atoms with Gasteiger partial charge in [0, 0.05) is 18.5 Å². The molecule has 94 valence electrons. The van der Waals surface area contributed by atoms with Gasteiger partial charge >= 0.3 is 0 Å². The summed E-state index contributed by atoms with van der Waals surface area (Å²) in [6, 6.07) is 0. The largest absolute Gasteiger partial charge is 0.356 e. The third-order valence-electron chi connectivity index (χ3n) is 1.60. The number of nitrogens with two attached hydrogens (primary N) is 1. The van der Waals surface area contributed by atoms with Crippen molar-refractivity contribution in [2.45, 2.75) is 39.7 Å². The number of amides is 1. The van der Waals surface area contributed by atoms with E-state index < -0.39 is 0 Å². The Morgan fingerprint density at radius 2 is 2.00 bits per heavy atom. The van der Waals surface area contributed by atoms with Gasteiger partial charge in [0.15, 0.2) is 0 Å². The molecule has 0 aliphatic carbocycles. The van der Waals surface area contributed by atoms with E-state index in [2.05, 4.69) is 21.1 Å². The maximum absolute atomic E-state index is 11.4. The van der Waals surface area contributed by atoms with Gasteiger partial charge in [0.05, 0.1) is 6.54 Å². The van der Waals surface area contributed by atoms with Gasteiger partial charge in [-0.3, -0.25) is 15.2 Å². The molecule has 5 N–H and O–H groups in total. The average Bonchev–Trinajstić information content (AvgIpc) is 2.13. The van der Waals surface area contributed by atoms with Crippen molar-refractivity contribution in [2.75, 3.05) is 13.1 Å². The Hall–Kier alpha value is -1.30. The van der Waals surface area contributed by atoms with Crippen LogP contribution in [0.1, 0.15) is 34.1 Å². The van der Waals surface area contributed by atoms with Crippen molar-refractivity contribution in [3.63, 3.8) is 0 Å². The van der Waals surface area contributed by atoms with E-state index in [1.54, 1.807) is 0 Å². The highest BCUT2D eigenvalue weighted by Crippen LogP contribution is 1.98. The van der Waals surface area contributed by atoms with Crippen LogP contribution in [0.3, 0.4) is 0 Å². The summed E-state index contributed by atoms with van der Waals surface area (Å²) in [5, 5.41) is 5.80. The minimum atomic E-state index is -0.197. The molecule has 0 unspecified atom stereocenters. The molecule has 0 spiro atoms. The van der Waals surface area contributed by atoms with Crippen molar-refractivity contribution >= 4 is 11.9 Å². The fourth-order valence-corrected chi connectivity index (χ4v) is 1.07. The summed E-state index contributed by atoms with van der Waals surface area (Å²) in [4.78, 5) is 15.5. The van der Waals surface area contributed by atoms with Crippen LogP contribution in [0.4, 0.5) is 0 Å². The summed E-state index contributed by atoms with van der Waals surface area (Å²) in [7, 11) is 0. The fraction of sp³-hybridized carbons (Fsp3) is 0.800. The summed E-state index contributed by atoms with van der Waals surface area (Å²) in [6.07, 6.45) is 0.355. The van der Waals surface area contributed by atoms with Crippen molar-refractivity contribution in [3.8, 4) is 0 Å². The molecule has 0 heterocycles. The molecule has 1 amide bonds. The van der Waals surface area contributed by atoms with Crippen molar-refractivity contribution in [3.05, 3.63) is 0 Å². The van der Waals surface area contributed by atoms with Crippen LogP contribution in [-0.2, 0) is 4.79 Å². The lowest BCUT2D eigenvalue weighted by atomic mass is 10.1. The Morgan fingerprint density at radius 1 is 1.38 bits per heavy atom. The van der Waals surface area contributed by atoms with Crippen LogP contribution in [0.2, 0.25) is 0 Å². The summed E-state index contributed by atoms with van der Waals surface area (Å²) in [5.74, 6) is 5.73. The second-order valence-electron chi connectivity index (χ2n) is 4.45. The Morgan fingerprint density at radius 3 is 2.44 bits per heavy atom. The molecule has 0 fully saturated rings. The average molecular weight is 229 g/mol. The highest BCUT2D eigenvalue weighted by Gasteiger charge is 2.12. The quantitative estimate of drug-likeness (QED) is 0.231. The zero-order valence-corrected chi connectivity index (χ0v) is 10.6. The number of guanidine groups is 1. The second kappa shape index (κ2) is 7.05. The first-order chi connectivity index (χ1) is 7.39. The predicted molar refractivity (Wildman–Crippen MR) is 65.8 cm³/mol. The summed E-state index contributed by atoms with van der Waals surface area (Å²) >= 11 is 0. The van der Waals surface area contributed by atoms with Crippen LogP contribution in [0.5, 0.6) is 0 Å². The molecule has 0 aromatic heterocycles. The SMILES string of the molecule is CCNC(=NCCC(=O)NC(C)(C)C)NN. The fourth-order valence-electron chi connectivity index (χ4n) is 1.07. The molecule has 6 heteroatoms. The number of hydrogen-bond acceptors (Lipinski definition) is 3. The second-order valence-corrected chi connectivity index (χ2v) is 4.45. The van der Waals surface area contributed by atoms with Gasteiger partial charge < -0.3 is 10.6 Å². The molecule has 0 bridgehead atoms. The number of hydrazine groups is 1. The van der Waals surface area contributed by atoms with E-state index in [0.29, 0.717) is 18.9 Å². The van der Waals surface area contributed by atoms with E-state index in [-0.39, 0.29) is 11.4 Å². The van der Waals surface area contributed by atoms with E-state index in [1.165, 1.54) is 0 Å². The summed E-state index contributed by atoms with van der Waals surface area (Å²) in [5.41, 5.74) is 2.24. The number of rotatable bonds is 4. The number of carbonyl (C=O) groups is 1. The minimum Gasteiger partial charge on any atom is -0.356 e. The first kappa shape index (κ1) is 14.7. The Bertz CT molecular complexity index is 244. The molecule has 0 aliphatic rings. The van der Waals surface area contributed by atoms with Gasteiger partial charge in [0.1, 0.15) is 0 Å². The highest BCUT2D eigenvalue weighted by atomic mass is 16.1. The van der Waals surface area contributed by atoms with Crippen molar-refractivity contribution < 1.29 is 4.79 Å². The van der Waals surface area contributed by atoms with Crippen LogP contribution < -0.4 is 21.9 Å². The molecule has 0 saturated carbocycles. The lowest BCUT2D eigenvalue weighted by Crippen LogP contribution is -2.42. The van der Waals surface area contributed by atoms with E-state index in [9.17, 15) is 4.79 Å². The zero-order valence-electron chi connectivity index (χ0n) is 10.6. The van der Waals surface area contributed by atoms with Crippen LogP contribution in [0.15, 0.2) is 4.99 Å². The van der Waals surface area contributed by atoms with Gasteiger partial charge in [0.25, 0.3) is 0 Å². The van der Waals surface area contributed by atoms with Gasteiger partial charge in [-0.15, -0.1) is 0 Å². The first-order valence-corrected chi connectivity index (χ1v) is 5.45. The number of nitrogens with one attached hydrogen (secondary N) is 3. The van der Waals surface area contributed by atoms with Gasteiger partial charge in [-0.2, -0.15) is 0 Å². The molecule has 0 aromatic carbocycles. The summed E-state index contributed by atoms with van der Waals surface area (Å²) < 4.78 is 0. The third kappa shape index (κ3) is 8.05. The highest BCUT2D eigenvalue weighted by molar-refractivity contribution is 5.80. The lowest BCUT2D eigenvalue weighted by molar-refractivity contribution is -0.122. The third-order valence-corrected chi connectivity index (χ3v) is 1.60. The molecule has 0 aliphatic heterocycles. The number of nitrogens with zero attached hydrogens (tertiary/aromatic N) is 1. The topological polar surface area (TPSA) is 91.5 Å². The van der Waals surface area contributed by atoms with Gasteiger partial charge in [-0.1, -0.05) is 0 Å². The Labute approximate surface area is 97.0 Å². The van der Waals surface area contributed by atoms with Gasteiger partial charge in [-0.05, 0) is 27.7 Å². The number of carbonyl (C=O) groups excluding carboxylic acids is 1. The molecule has 0 aromatic rings. The Balaban J connectivity index is 3.92. The van der Waals surface area contributed by atoms with E-state index in [0.717, 1.165) is 6.54 Å². The molecule has 0 rings (SSSR count). The first-order valence-electron chi connectivity index (χ1n) is 5.45. The standard InChI is InChI=1S/C10H23N5O/c1-5-12-9(15-11)13-7-6-8(16)14-10(2,3)4/h5-7,11H2,1-4H3,(H,14,16)(H2,12,13,15). The van der Waals surface area contributed by atoms with Crippen molar-refractivity contribution in [2.24, 2.45) is 10.8 Å². The Kier molecular flexibility index (Phi) is 6.48. The van der Waals surface area contributed by atoms with Gasteiger partial charge in [0.2, 0.25) is 11.9 Å². The lowest BCUT2D eigenvalue weighted by Gasteiger charge is -2.20. The zero-order chi connectivity index (χ0) is 12.6. The molecule has 0 radical (unpaired) electrons. The predicted octanol–water partition coefficient (Wildman–Crippen LogP) is -0.280. The van der Waals surface area contributed by atoms with E-state index in [4.69, 9.17) is 5.84 Å². The smallest absolute Gasteiger partial charge is 0.222 e. The minimum absolute atomic E-state index is 0.0101. The monoisotopic (exact) mass is 229 g/mol.